The van der Waals surface area contributed by atoms with E-state index in [9.17, 15) is 31.2 Å². The maximum Gasteiger partial charge on any atom is 0.359 e. The molecule has 16 heteroatoms. The zero-order valence-electron chi connectivity index (χ0n) is 16.2. The van der Waals surface area contributed by atoms with Crippen LogP contribution in [0.15, 0.2) is 27.6 Å². The van der Waals surface area contributed by atoms with Gasteiger partial charge in [0.15, 0.2) is 17.5 Å². The van der Waals surface area contributed by atoms with Gasteiger partial charge in [0.05, 0.1) is 17.7 Å². The Morgan fingerprint density at radius 1 is 1.16 bits per heavy atom. The van der Waals surface area contributed by atoms with Crippen molar-refractivity contribution in [3.05, 3.63) is 39.3 Å². The van der Waals surface area contributed by atoms with Crippen molar-refractivity contribution in [2.75, 3.05) is 12.5 Å². The Morgan fingerprint density at radius 3 is 2.32 bits per heavy atom. The lowest BCUT2D eigenvalue weighted by molar-refractivity contribution is -0.135. The number of H-pyrrole nitrogens is 1. The molecule has 1 aliphatic heterocycles. The quantitative estimate of drug-likeness (QED) is 0.233. The van der Waals surface area contributed by atoms with Crippen molar-refractivity contribution in [1.29, 1.82) is 0 Å². The maximum absolute atomic E-state index is 12.4. The molecule has 2 rings (SSSR count). The van der Waals surface area contributed by atoms with Crippen LogP contribution in [0.1, 0.15) is 18.2 Å². The number of rotatable bonds is 8. The Balaban J connectivity index is 2.40. The summed E-state index contributed by atoms with van der Waals surface area (Å²) in [4.78, 5) is 36.7. The Bertz CT molecular complexity index is 1270. The molecule has 0 unspecified atom stereocenters. The third-order valence-corrected chi connectivity index (χ3v) is 4.85. The molecular formula is C15H18N4O10S2. The molecule has 0 saturated carbocycles. The largest absolute Gasteiger partial charge is 0.461 e. The lowest BCUT2D eigenvalue weighted by Gasteiger charge is -2.07. The Hall–Kier alpha value is -3.08. The topological polar surface area (TPSA) is 205 Å². The van der Waals surface area contributed by atoms with Crippen molar-refractivity contribution in [3.63, 3.8) is 0 Å². The molecule has 0 radical (unpaired) electrons. The Kier molecular flexibility index (Phi) is 6.99. The fourth-order valence-corrected chi connectivity index (χ4v) is 3.51. The molecule has 0 atom stereocenters. The molecule has 31 heavy (non-hydrogen) atoms. The van der Waals surface area contributed by atoms with E-state index in [2.05, 4.69) is 10.2 Å². The summed E-state index contributed by atoms with van der Waals surface area (Å²) in [5.41, 5.74) is -1.40. The molecule has 0 aliphatic carbocycles. The highest BCUT2D eigenvalue weighted by Gasteiger charge is 2.36. The van der Waals surface area contributed by atoms with Gasteiger partial charge in [0, 0.05) is 5.69 Å². The van der Waals surface area contributed by atoms with Crippen molar-refractivity contribution in [3.8, 4) is 0 Å². The van der Waals surface area contributed by atoms with Gasteiger partial charge in [0.1, 0.15) is 0 Å². The molecule has 0 aromatic carbocycles. The second kappa shape index (κ2) is 8.96. The van der Waals surface area contributed by atoms with Crippen molar-refractivity contribution >= 4 is 43.9 Å². The molecule has 14 nitrogen and oxygen atoms in total. The number of amides is 1. The zero-order chi connectivity index (χ0) is 23.6. The number of esters is 1. The summed E-state index contributed by atoms with van der Waals surface area (Å²) in [6.07, 6.45) is 3.44. The van der Waals surface area contributed by atoms with E-state index in [1.807, 2.05) is 0 Å². The van der Waals surface area contributed by atoms with Gasteiger partial charge in [-0.1, -0.05) is 6.08 Å². The number of aromatic nitrogens is 2. The number of hydrogen-bond donors (Lipinski definition) is 3. The summed E-state index contributed by atoms with van der Waals surface area (Å²) < 4.78 is 67.3. The van der Waals surface area contributed by atoms with Crippen LogP contribution in [-0.4, -0.2) is 70.8 Å². The lowest BCUT2D eigenvalue weighted by atomic mass is 10.1. The van der Waals surface area contributed by atoms with E-state index in [1.165, 1.54) is 26.0 Å². The number of aryl methyl sites for hydroxylation is 1. The molecule has 1 aliphatic rings. The van der Waals surface area contributed by atoms with Crippen LogP contribution >= 0.6 is 0 Å². The average Bonchev–Trinajstić information content (AvgIpc) is 3.04. The standard InChI is InChI=1S/C15H18N4O10S2/c1-3-29-15(22)12-11(14(21)19(17-12)8-31(26,27)28)6-4-5-10-9(2)16-18(13(10)20)7-30(23,24)25/h4-6,16H,3,7-8H2,1-2H3,(H,23,24,25)(H,26,27,28). The van der Waals surface area contributed by atoms with Gasteiger partial charge in [0.2, 0.25) is 0 Å². The fraction of sp³-hybridized carbons (Fsp3) is 0.333. The first-order chi connectivity index (χ1) is 14.2. The maximum atomic E-state index is 12.4. The van der Waals surface area contributed by atoms with E-state index in [0.717, 1.165) is 6.08 Å². The second-order valence-corrected chi connectivity index (χ2v) is 8.96. The fourth-order valence-electron chi connectivity index (χ4n) is 2.51. The molecule has 2 heterocycles. The summed E-state index contributed by atoms with van der Waals surface area (Å²) in [7, 11) is -9.11. The van der Waals surface area contributed by atoms with Crippen molar-refractivity contribution in [1.82, 2.24) is 14.8 Å². The van der Waals surface area contributed by atoms with Crippen molar-refractivity contribution in [2.24, 2.45) is 5.10 Å². The number of aromatic amines is 1. The predicted molar refractivity (Wildman–Crippen MR) is 106 cm³/mol. The van der Waals surface area contributed by atoms with Crippen LogP contribution in [0.3, 0.4) is 0 Å². The number of carbonyl (C=O) groups is 2. The molecule has 0 spiro atoms. The monoisotopic (exact) mass is 478 g/mol. The molecule has 3 N–H and O–H groups in total. The number of ether oxygens (including phenoxy) is 1. The molecular weight excluding hydrogens is 460 g/mol. The highest BCUT2D eigenvalue weighted by Crippen LogP contribution is 2.17. The van der Waals surface area contributed by atoms with Crippen LogP contribution < -0.4 is 5.56 Å². The number of allylic oxidation sites excluding steroid dienone is 2. The third kappa shape index (κ3) is 6.20. The predicted octanol–water partition coefficient (Wildman–Crippen LogP) is -1.12. The van der Waals surface area contributed by atoms with Crippen molar-refractivity contribution in [2.45, 2.75) is 19.7 Å². The second-order valence-electron chi connectivity index (χ2n) is 6.12. The molecule has 170 valence electrons. The Morgan fingerprint density at radius 2 is 1.77 bits per heavy atom. The number of hydrogen-bond acceptors (Lipinski definition) is 9. The number of hydrazone groups is 1. The highest BCUT2D eigenvalue weighted by molar-refractivity contribution is 7.85. The SMILES string of the molecule is CCOC(=O)C1=NN(CS(=O)(=O)O)C(=O)C1=CC=Cc1c(C)[nH]n(CS(=O)(=O)O)c1=O. The van der Waals surface area contributed by atoms with E-state index in [1.54, 1.807) is 0 Å². The number of nitrogens with one attached hydrogen (secondary N) is 1. The summed E-state index contributed by atoms with van der Waals surface area (Å²) >= 11 is 0. The van der Waals surface area contributed by atoms with E-state index in [4.69, 9.17) is 13.8 Å². The van der Waals surface area contributed by atoms with Crippen LogP contribution in [0.5, 0.6) is 0 Å². The van der Waals surface area contributed by atoms with E-state index in [-0.39, 0.29) is 23.4 Å². The van der Waals surface area contributed by atoms with Crippen LogP contribution in [0.2, 0.25) is 0 Å². The molecule has 0 saturated heterocycles. The van der Waals surface area contributed by atoms with E-state index >= 15 is 0 Å². The van der Waals surface area contributed by atoms with Crippen LogP contribution in [0, 0.1) is 6.92 Å². The van der Waals surface area contributed by atoms with Crippen LogP contribution in [0.4, 0.5) is 0 Å². The smallest absolute Gasteiger partial charge is 0.359 e. The number of carbonyl (C=O) groups excluding carboxylic acids is 2. The van der Waals surface area contributed by atoms with Gasteiger partial charge in [-0.3, -0.25) is 23.8 Å². The molecule has 1 aromatic rings. The van der Waals surface area contributed by atoms with Gasteiger partial charge in [-0.05, 0) is 26.0 Å². The van der Waals surface area contributed by atoms with Crippen molar-refractivity contribution < 1.29 is 40.3 Å². The van der Waals surface area contributed by atoms with Crippen LogP contribution in [0.25, 0.3) is 6.08 Å². The van der Waals surface area contributed by atoms with E-state index < -0.39 is 55.1 Å². The molecule has 0 fully saturated rings. The normalized spacial score (nSPS) is 16.4. The van der Waals surface area contributed by atoms with Gasteiger partial charge in [-0.25, -0.2) is 14.5 Å². The average molecular weight is 478 g/mol. The molecule has 1 amide bonds. The first kappa shape index (κ1) is 24.2. The summed E-state index contributed by atoms with van der Waals surface area (Å²) in [6, 6.07) is 0. The minimum absolute atomic E-state index is 0.00429. The van der Waals surface area contributed by atoms with Crippen LogP contribution in [-0.2, 0) is 40.4 Å². The van der Waals surface area contributed by atoms with Gasteiger partial charge in [-0.2, -0.15) is 21.9 Å². The summed E-state index contributed by atoms with van der Waals surface area (Å²) in [6.45, 7) is 2.90. The summed E-state index contributed by atoms with van der Waals surface area (Å²) in [5.74, 6) is -4.21. The Labute approximate surface area is 176 Å². The van der Waals surface area contributed by atoms with E-state index in [0.29, 0.717) is 9.69 Å². The summed E-state index contributed by atoms with van der Waals surface area (Å²) in [5, 5.41) is 6.40. The molecule has 1 aromatic heterocycles. The lowest BCUT2D eigenvalue weighted by Crippen LogP contribution is -2.28. The number of nitrogens with zero attached hydrogens (tertiary/aromatic N) is 3. The minimum atomic E-state index is -4.63. The van der Waals surface area contributed by atoms with Gasteiger partial charge in [-0.15, -0.1) is 0 Å². The van der Waals surface area contributed by atoms with Gasteiger partial charge in [0.25, 0.3) is 31.7 Å². The highest BCUT2D eigenvalue weighted by atomic mass is 32.2. The van der Waals surface area contributed by atoms with Gasteiger partial charge >= 0.3 is 5.97 Å². The third-order valence-electron chi connectivity index (χ3n) is 3.70. The minimum Gasteiger partial charge on any atom is -0.461 e. The molecule has 0 bridgehead atoms. The zero-order valence-corrected chi connectivity index (χ0v) is 17.8. The first-order valence-electron chi connectivity index (χ1n) is 8.39. The first-order valence-corrected chi connectivity index (χ1v) is 11.6. The van der Waals surface area contributed by atoms with Gasteiger partial charge < -0.3 is 4.74 Å².